The van der Waals surface area contributed by atoms with Gasteiger partial charge >= 0.3 is 5.69 Å². The number of fused-ring (bicyclic) bond motifs is 1. The van der Waals surface area contributed by atoms with Crippen LogP contribution in [-0.2, 0) is 14.1 Å². The first-order valence-corrected chi connectivity index (χ1v) is 6.69. The minimum absolute atomic E-state index is 0.00554. The minimum Gasteiger partial charge on any atom is -0.490 e. The zero-order chi connectivity index (χ0) is 13.4. The van der Waals surface area contributed by atoms with Crippen molar-refractivity contribution in [1.82, 2.24) is 14.5 Å². The number of imidazole rings is 1. The molecule has 3 rings (SSSR count). The molecule has 1 aromatic carbocycles. The first-order valence-electron chi connectivity index (χ1n) is 6.69. The van der Waals surface area contributed by atoms with Crippen molar-refractivity contribution in [3.8, 4) is 5.75 Å². The summed E-state index contributed by atoms with van der Waals surface area (Å²) in [5.41, 5.74) is 1.85. The SMILES string of the molecule is Cn1c(=O)n(C)c2cc(OC3CCNCC3)ccc21. The highest BCUT2D eigenvalue weighted by molar-refractivity contribution is 5.77. The van der Waals surface area contributed by atoms with E-state index in [0.717, 1.165) is 42.7 Å². The lowest BCUT2D eigenvalue weighted by molar-refractivity contribution is 0.162. The number of aromatic nitrogens is 2. The number of piperidine rings is 1. The Hall–Kier alpha value is -1.75. The molecule has 19 heavy (non-hydrogen) atoms. The second-order valence-electron chi connectivity index (χ2n) is 5.12. The highest BCUT2D eigenvalue weighted by Crippen LogP contribution is 2.22. The average molecular weight is 261 g/mol. The van der Waals surface area contributed by atoms with Crippen LogP contribution in [-0.4, -0.2) is 28.3 Å². The van der Waals surface area contributed by atoms with Crippen LogP contribution in [0.1, 0.15) is 12.8 Å². The fourth-order valence-electron chi connectivity index (χ4n) is 2.67. The van der Waals surface area contributed by atoms with Gasteiger partial charge in [0, 0.05) is 20.2 Å². The van der Waals surface area contributed by atoms with Crippen LogP contribution in [0.2, 0.25) is 0 Å². The molecule has 0 amide bonds. The Morgan fingerprint density at radius 3 is 2.58 bits per heavy atom. The molecule has 2 heterocycles. The second kappa shape index (κ2) is 4.74. The van der Waals surface area contributed by atoms with Crippen molar-refractivity contribution in [2.45, 2.75) is 18.9 Å². The molecule has 1 N–H and O–H groups in total. The number of benzene rings is 1. The third-order valence-corrected chi connectivity index (χ3v) is 3.83. The van der Waals surface area contributed by atoms with Gasteiger partial charge < -0.3 is 10.1 Å². The van der Waals surface area contributed by atoms with Gasteiger partial charge in [-0.3, -0.25) is 9.13 Å². The van der Waals surface area contributed by atoms with E-state index in [1.807, 2.05) is 18.2 Å². The van der Waals surface area contributed by atoms with Gasteiger partial charge in [-0.15, -0.1) is 0 Å². The highest BCUT2D eigenvalue weighted by atomic mass is 16.5. The van der Waals surface area contributed by atoms with E-state index in [2.05, 4.69) is 5.32 Å². The molecule has 1 aliphatic heterocycles. The Bertz CT molecular complexity index is 650. The Balaban J connectivity index is 1.93. The van der Waals surface area contributed by atoms with Crippen LogP contribution < -0.4 is 15.7 Å². The number of nitrogens with zero attached hydrogens (tertiary/aromatic N) is 2. The van der Waals surface area contributed by atoms with Crippen LogP contribution in [0.15, 0.2) is 23.0 Å². The van der Waals surface area contributed by atoms with Gasteiger partial charge in [-0.1, -0.05) is 0 Å². The normalized spacial score (nSPS) is 16.9. The number of hydrogen-bond acceptors (Lipinski definition) is 3. The largest absolute Gasteiger partial charge is 0.490 e. The van der Waals surface area contributed by atoms with Crippen LogP contribution >= 0.6 is 0 Å². The predicted octanol–water partition coefficient (Wildman–Crippen LogP) is 1.01. The van der Waals surface area contributed by atoms with E-state index in [1.165, 1.54) is 0 Å². The summed E-state index contributed by atoms with van der Waals surface area (Å²) < 4.78 is 9.32. The summed E-state index contributed by atoms with van der Waals surface area (Å²) in [5, 5.41) is 3.32. The molecular weight excluding hydrogens is 242 g/mol. The first kappa shape index (κ1) is 12.3. The summed E-state index contributed by atoms with van der Waals surface area (Å²) in [5.74, 6) is 0.848. The molecule has 5 nitrogen and oxygen atoms in total. The molecule has 1 saturated heterocycles. The van der Waals surface area contributed by atoms with E-state index in [4.69, 9.17) is 4.74 Å². The van der Waals surface area contributed by atoms with Gasteiger partial charge in [-0.2, -0.15) is 0 Å². The van der Waals surface area contributed by atoms with Gasteiger partial charge in [0.1, 0.15) is 11.9 Å². The van der Waals surface area contributed by atoms with E-state index in [-0.39, 0.29) is 11.8 Å². The molecule has 0 bridgehead atoms. The van der Waals surface area contributed by atoms with E-state index >= 15 is 0 Å². The fourth-order valence-corrected chi connectivity index (χ4v) is 2.67. The van der Waals surface area contributed by atoms with E-state index in [0.29, 0.717) is 0 Å². The number of aryl methyl sites for hydroxylation is 2. The molecule has 0 unspecified atom stereocenters. The molecule has 1 fully saturated rings. The van der Waals surface area contributed by atoms with Crippen LogP contribution in [0.5, 0.6) is 5.75 Å². The highest BCUT2D eigenvalue weighted by Gasteiger charge is 2.15. The lowest BCUT2D eigenvalue weighted by atomic mass is 10.1. The third-order valence-electron chi connectivity index (χ3n) is 3.83. The molecule has 2 aromatic rings. The fraction of sp³-hybridized carbons (Fsp3) is 0.500. The lowest BCUT2D eigenvalue weighted by Gasteiger charge is -2.23. The maximum Gasteiger partial charge on any atom is 0.328 e. The van der Waals surface area contributed by atoms with Crippen molar-refractivity contribution >= 4 is 11.0 Å². The van der Waals surface area contributed by atoms with Crippen molar-refractivity contribution in [3.63, 3.8) is 0 Å². The Kier molecular flexibility index (Phi) is 3.06. The summed E-state index contributed by atoms with van der Waals surface area (Å²) in [6.07, 6.45) is 2.34. The monoisotopic (exact) mass is 261 g/mol. The molecule has 0 spiro atoms. The first-order chi connectivity index (χ1) is 9.16. The van der Waals surface area contributed by atoms with Crippen molar-refractivity contribution in [2.75, 3.05) is 13.1 Å². The van der Waals surface area contributed by atoms with Gasteiger partial charge in [0.05, 0.1) is 11.0 Å². The maximum absolute atomic E-state index is 11.9. The lowest BCUT2D eigenvalue weighted by Crippen LogP contribution is -2.34. The summed E-state index contributed by atoms with van der Waals surface area (Å²) >= 11 is 0. The molecule has 0 aliphatic carbocycles. The van der Waals surface area contributed by atoms with E-state index < -0.39 is 0 Å². The molecule has 1 aliphatic rings. The standard InChI is InChI=1S/C14H19N3O2/c1-16-12-4-3-11(9-13(12)17(2)14(16)18)19-10-5-7-15-8-6-10/h3-4,9-10,15H,5-8H2,1-2H3. The minimum atomic E-state index is -0.00554. The number of ether oxygens (including phenoxy) is 1. The Labute approximate surface area is 111 Å². The van der Waals surface area contributed by atoms with Gasteiger partial charge in [0.2, 0.25) is 0 Å². The molecule has 5 heteroatoms. The van der Waals surface area contributed by atoms with Crippen molar-refractivity contribution in [2.24, 2.45) is 14.1 Å². The zero-order valence-electron chi connectivity index (χ0n) is 11.3. The number of hydrogen-bond donors (Lipinski definition) is 1. The quantitative estimate of drug-likeness (QED) is 0.877. The Morgan fingerprint density at radius 1 is 1.16 bits per heavy atom. The molecule has 1 aromatic heterocycles. The third kappa shape index (κ3) is 2.14. The van der Waals surface area contributed by atoms with Crippen LogP contribution in [0.25, 0.3) is 11.0 Å². The summed E-state index contributed by atoms with van der Waals surface area (Å²) in [7, 11) is 3.58. The summed E-state index contributed by atoms with van der Waals surface area (Å²) in [6, 6.07) is 5.86. The molecular formula is C14H19N3O2. The van der Waals surface area contributed by atoms with Crippen molar-refractivity contribution in [3.05, 3.63) is 28.7 Å². The van der Waals surface area contributed by atoms with Gasteiger partial charge in [0.15, 0.2) is 0 Å². The second-order valence-corrected chi connectivity index (χ2v) is 5.12. The molecule has 0 atom stereocenters. The molecule has 0 radical (unpaired) electrons. The predicted molar refractivity (Wildman–Crippen MR) is 74.7 cm³/mol. The Morgan fingerprint density at radius 2 is 1.84 bits per heavy atom. The van der Waals surface area contributed by atoms with Gasteiger partial charge in [0.25, 0.3) is 0 Å². The van der Waals surface area contributed by atoms with Crippen molar-refractivity contribution in [1.29, 1.82) is 0 Å². The number of nitrogens with one attached hydrogen (secondary N) is 1. The summed E-state index contributed by atoms with van der Waals surface area (Å²) in [6.45, 7) is 2.02. The zero-order valence-corrected chi connectivity index (χ0v) is 11.3. The molecule has 102 valence electrons. The van der Waals surface area contributed by atoms with Crippen LogP contribution in [0.3, 0.4) is 0 Å². The summed E-state index contributed by atoms with van der Waals surface area (Å²) in [4.78, 5) is 11.9. The van der Waals surface area contributed by atoms with Crippen LogP contribution in [0.4, 0.5) is 0 Å². The van der Waals surface area contributed by atoms with Crippen LogP contribution in [0, 0.1) is 0 Å². The van der Waals surface area contributed by atoms with Gasteiger partial charge in [-0.05, 0) is 38.1 Å². The molecule has 0 saturated carbocycles. The average Bonchev–Trinajstić information content (AvgIpc) is 2.65. The number of rotatable bonds is 2. The smallest absolute Gasteiger partial charge is 0.328 e. The van der Waals surface area contributed by atoms with Gasteiger partial charge in [-0.25, -0.2) is 4.79 Å². The topological polar surface area (TPSA) is 48.2 Å². The maximum atomic E-state index is 11.9. The van der Waals surface area contributed by atoms with Crippen molar-refractivity contribution < 1.29 is 4.74 Å². The van der Waals surface area contributed by atoms with E-state index in [1.54, 1.807) is 23.2 Å². The van der Waals surface area contributed by atoms with E-state index in [9.17, 15) is 4.79 Å².